The summed E-state index contributed by atoms with van der Waals surface area (Å²) >= 11 is 1.44. The first-order valence-electron chi connectivity index (χ1n) is 3.12. The number of aromatic carboxylic acids is 1. The molecular formula is C8H11NO2S. The normalized spacial score (nSPS) is 8.75. The lowest BCUT2D eigenvalue weighted by Gasteiger charge is -1.99. The van der Waals surface area contributed by atoms with E-state index in [1.54, 1.807) is 18.2 Å². The standard InChI is InChI=1S/C8H8O2S.H3N/c1-11-7-5-3-2-4-6(7)8(9)10;/h2-5H,1H3,(H,9,10);1H3. The molecule has 12 heavy (non-hydrogen) atoms. The summed E-state index contributed by atoms with van der Waals surface area (Å²) in [6.45, 7) is 0. The molecule has 0 aliphatic carbocycles. The minimum atomic E-state index is -0.866. The Labute approximate surface area is 75.4 Å². The lowest BCUT2D eigenvalue weighted by molar-refractivity contribution is 0.0693. The molecule has 0 aliphatic rings. The van der Waals surface area contributed by atoms with Gasteiger partial charge in [-0.05, 0) is 18.4 Å². The Bertz CT molecular complexity index is 276. The van der Waals surface area contributed by atoms with Crippen LogP contribution in [0.25, 0.3) is 0 Å². The molecule has 0 atom stereocenters. The Morgan fingerprint density at radius 1 is 1.42 bits per heavy atom. The molecule has 4 heteroatoms. The number of thioether (sulfide) groups is 1. The molecular weight excluding hydrogens is 174 g/mol. The smallest absolute Gasteiger partial charge is 0.336 e. The van der Waals surface area contributed by atoms with Gasteiger partial charge in [-0.1, -0.05) is 12.1 Å². The zero-order chi connectivity index (χ0) is 8.27. The van der Waals surface area contributed by atoms with E-state index in [9.17, 15) is 4.79 Å². The van der Waals surface area contributed by atoms with Crippen LogP contribution in [-0.2, 0) is 0 Å². The highest BCUT2D eigenvalue weighted by atomic mass is 32.2. The number of rotatable bonds is 2. The molecule has 4 N–H and O–H groups in total. The van der Waals surface area contributed by atoms with E-state index >= 15 is 0 Å². The minimum absolute atomic E-state index is 0. The third-order valence-corrected chi connectivity index (χ3v) is 2.13. The fourth-order valence-electron chi connectivity index (χ4n) is 0.821. The Hall–Kier alpha value is -1.00. The number of hydrogen-bond donors (Lipinski definition) is 2. The quantitative estimate of drug-likeness (QED) is 0.693. The number of benzene rings is 1. The van der Waals surface area contributed by atoms with Gasteiger partial charge in [0.2, 0.25) is 0 Å². The average Bonchev–Trinajstić information content (AvgIpc) is 2.04. The van der Waals surface area contributed by atoms with Crippen molar-refractivity contribution in [2.45, 2.75) is 4.90 Å². The second-order valence-corrected chi connectivity index (χ2v) is 2.85. The van der Waals surface area contributed by atoms with Crippen molar-refractivity contribution in [3.05, 3.63) is 29.8 Å². The third-order valence-electron chi connectivity index (χ3n) is 1.34. The third kappa shape index (κ3) is 2.25. The van der Waals surface area contributed by atoms with Gasteiger partial charge in [0, 0.05) is 4.90 Å². The van der Waals surface area contributed by atoms with Crippen LogP contribution in [-0.4, -0.2) is 17.3 Å². The predicted molar refractivity (Wildman–Crippen MR) is 50.2 cm³/mol. The van der Waals surface area contributed by atoms with Crippen molar-refractivity contribution in [2.24, 2.45) is 0 Å². The summed E-state index contributed by atoms with van der Waals surface area (Å²) in [4.78, 5) is 11.4. The molecule has 0 spiro atoms. The summed E-state index contributed by atoms with van der Waals surface area (Å²) in [7, 11) is 0. The molecule has 0 radical (unpaired) electrons. The average molecular weight is 185 g/mol. The summed E-state index contributed by atoms with van der Waals surface area (Å²) in [5, 5.41) is 8.68. The van der Waals surface area contributed by atoms with Gasteiger partial charge in [0.15, 0.2) is 0 Å². The van der Waals surface area contributed by atoms with Gasteiger partial charge in [0.25, 0.3) is 0 Å². The van der Waals surface area contributed by atoms with Crippen molar-refractivity contribution in [2.75, 3.05) is 6.26 Å². The van der Waals surface area contributed by atoms with Crippen LogP contribution in [0.2, 0.25) is 0 Å². The highest BCUT2D eigenvalue weighted by Crippen LogP contribution is 2.19. The SMILES string of the molecule is CSc1ccccc1C(=O)O.N. The molecule has 0 bridgehead atoms. The highest BCUT2D eigenvalue weighted by molar-refractivity contribution is 7.98. The Morgan fingerprint density at radius 2 is 2.00 bits per heavy atom. The Balaban J connectivity index is 0.00000121. The van der Waals surface area contributed by atoms with Gasteiger partial charge in [-0.2, -0.15) is 0 Å². The second kappa shape index (κ2) is 4.79. The maximum Gasteiger partial charge on any atom is 0.336 e. The maximum absolute atomic E-state index is 10.6. The molecule has 0 unspecified atom stereocenters. The lowest BCUT2D eigenvalue weighted by atomic mass is 10.2. The number of carboxylic acid groups (broad SMARTS) is 1. The zero-order valence-electron chi connectivity index (χ0n) is 6.78. The van der Waals surface area contributed by atoms with Crippen LogP contribution in [0.3, 0.4) is 0 Å². The summed E-state index contributed by atoms with van der Waals surface area (Å²) < 4.78 is 0. The van der Waals surface area contributed by atoms with Crippen LogP contribution >= 0.6 is 11.8 Å². The van der Waals surface area contributed by atoms with Gasteiger partial charge >= 0.3 is 5.97 Å². The molecule has 0 saturated carbocycles. The highest BCUT2D eigenvalue weighted by Gasteiger charge is 2.06. The number of carboxylic acids is 1. The van der Waals surface area contributed by atoms with E-state index < -0.39 is 5.97 Å². The summed E-state index contributed by atoms with van der Waals surface area (Å²) in [5.41, 5.74) is 0.375. The first-order valence-corrected chi connectivity index (χ1v) is 4.34. The molecule has 0 heterocycles. The molecule has 0 aromatic heterocycles. The molecule has 3 nitrogen and oxygen atoms in total. The van der Waals surface area contributed by atoms with E-state index in [0.717, 1.165) is 4.90 Å². The molecule has 1 aromatic rings. The van der Waals surface area contributed by atoms with Gasteiger partial charge in [-0.3, -0.25) is 0 Å². The first kappa shape index (κ1) is 11.0. The van der Waals surface area contributed by atoms with Gasteiger partial charge < -0.3 is 11.3 Å². The van der Waals surface area contributed by atoms with E-state index in [-0.39, 0.29) is 6.15 Å². The summed E-state index contributed by atoms with van der Waals surface area (Å²) in [6, 6.07) is 6.96. The molecule has 1 aromatic carbocycles. The van der Waals surface area contributed by atoms with Crippen LogP contribution in [0, 0.1) is 0 Å². The summed E-state index contributed by atoms with van der Waals surface area (Å²) in [5.74, 6) is -0.866. The maximum atomic E-state index is 10.6. The fourth-order valence-corrected chi connectivity index (χ4v) is 1.41. The molecule has 66 valence electrons. The van der Waals surface area contributed by atoms with Crippen LogP contribution < -0.4 is 6.15 Å². The van der Waals surface area contributed by atoms with Crippen molar-refractivity contribution in [3.63, 3.8) is 0 Å². The van der Waals surface area contributed by atoms with Crippen molar-refractivity contribution in [1.29, 1.82) is 0 Å². The second-order valence-electron chi connectivity index (χ2n) is 2.01. The summed E-state index contributed by atoms with van der Waals surface area (Å²) in [6.07, 6.45) is 1.86. The van der Waals surface area contributed by atoms with Gasteiger partial charge in [0.1, 0.15) is 0 Å². The Kier molecular flexibility index (Phi) is 4.39. The van der Waals surface area contributed by atoms with E-state index in [1.807, 2.05) is 12.3 Å². The van der Waals surface area contributed by atoms with Crippen LogP contribution in [0.1, 0.15) is 10.4 Å². The fraction of sp³-hybridized carbons (Fsp3) is 0.125. The lowest BCUT2D eigenvalue weighted by Crippen LogP contribution is -1.97. The van der Waals surface area contributed by atoms with Crippen LogP contribution in [0.4, 0.5) is 0 Å². The van der Waals surface area contributed by atoms with Crippen molar-refractivity contribution < 1.29 is 9.90 Å². The van der Waals surface area contributed by atoms with E-state index in [2.05, 4.69) is 0 Å². The van der Waals surface area contributed by atoms with Crippen molar-refractivity contribution >= 4 is 17.7 Å². The van der Waals surface area contributed by atoms with E-state index in [0.29, 0.717) is 5.56 Å². The minimum Gasteiger partial charge on any atom is -0.478 e. The number of hydrogen-bond acceptors (Lipinski definition) is 3. The van der Waals surface area contributed by atoms with Crippen molar-refractivity contribution in [1.82, 2.24) is 6.15 Å². The van der Waals surface area contributed by atoms with E-state index in [1.165, 1.54) is 11.8 Å². The van der Waals surface area contributed by atoms with Crippen LogP contribution in [0.5, 0.6) is 0 Å². The monoisotopic (exact) mass is 185 g/mol. The number of carbonyl (C=O) groups is 1. The molecule has 0 saturated heterocycles. The first-order chi connectivity index (χ1) is 5.25. The molecule has 0 amide bonds. The predicted octanol–water partition coefficient (Wildman–Crippen LogP) is 2.27. The van der Waals surface area contributed by atoms with Gasteiger partial charge in [-0.15, -0.1) is 11.8 Å². The molecule has 0 aliphatic heterocycles. The topological polar surface area (TPSA) is 72.3 Å². The molecule has 1 rings (SSSR count). The molecule has 0 fully saturated rings. The Morgan fingerprint density at radius 3 is 2.42 bits per heavy atom. The van der Waals surface area contributed by atoms with Crippen LogP contribution in [0.15, 0.2) is 29.2 Å². The largest absolute Gasteiger partial charge is 0.478 e. The van der Waals surface area contributed by atoms with Crippen molar-refractivity contribution in [3.8, 4) is 0 Å². The van der Waals surface area contributed by atoms with Gasteiger partial charge in [0.05, 0.1) is 5.56 Å². The van der Waals surface area contributed by atoms with Gasteiger partial charge in [-0.25, -0.2) is 4.79 Å². The van der Waals surface area contributed by atoms with E-state index in [4.69, 9.17) is 5.11 Å². The zero-order valence-corrected chi connectivity index (χ0v) is 7.60.